The molecule has 4 nitrogen and oxygen atoms in total. The lowest BCUT2D eigenvalue weighted by Gasteiger charge is -2.26. The number of halogens is 3. The van der Waals surface area contributed by atoms with Gasteiger partial charge in [-0.3, -0.25) is 10.1 Å². The summed E-state index contributed by atoms with van der Waals surface area (Å²) in [6.45, 7) is 0. The van der Waals surface area contributed by atoms with Gasteiger partial charge in [0.05, 0.1) is 4.92 Å². The molecule has 2 aromatic carbocycles. The predicted molar refractivity (Wildman–Crippen MR) is 86.1 cm³/mol. The summed E-state index contributed by atoms with van der Waals surface area (Å²) in [6.07, 6.45) is 0. The van der Waals surface area contributed by atoms with Crippen LogP contribution in [0.5, 0.6) is 0 Å². The van der Waals surface area contributed by atoms with E-state index in [0.29, 0.717) is 5.70 Å². The molecule has 0 unspecified atom stereocenters. The van der Waals surface area contributed by atoms with Crippen molar-refractivity contribution in [2.24, 2.45) is 0 Å². The second-order valence-corrected chi connectivity index (χ2v) is 5.72. The average Bonchev–Trinajstić information content (AvgIpc) is 2.42. The fourth-order valence-corrected chi connectivity index (χ4v) is 2.67. The highest BCUT2D eigenvalue weighted by Crippen LogP contribution is 2.44. The molecule has 1 N–H and O–H groups in total. The zero-order valence-corrected chi connectivity index (χ0v) is 12.6. The van der Waals surface area contributed by atoms with Crippen molar-refractivity contribution in [2.45, 2.75) is 0 Å². The summed E-state index contributed by atoms with van der Waals surface area (Å²) in [6, 6.07) is 11.4. The van der Waals surface area contributed by atoms with E-state index in [4.69, 9.17) is 34.8 Å². The lowest BCUT2D eigenvalue weighted by Crippen LogP contribution is -2.19. The van der Waals surface area contributed by atoms with Crippen LogP contribution in [0, 0.1) is 10.1 Å². The van der Waals surface area contributed by atoms with Crippen LogP contribution >= 0.6 is 34.8 Å². The first-order valence-corrected chi connectivity index (χ1v) is 7.03. The molecule has 0 atom stereocenters. The average molecular weight is 342 g/mol. The highest BCUT2D eigenvalue weighted by molar-refractivity contribution is 6.60. The molecule has 3 rings (SSSR count). The molecular weight excluding hydrogens is 335 g/mol. The second-order valence-electron chi connectivity index (χ2n) is 4.39. The van der Waals surface area contributed by atoms with Crippen LogP contribution in [-0.4, -0.2) is 4.92 Å². The van der Waals surface area contributed by atoms with Gasteiger partial charge in [-0.15, -0.1) is 0 Å². The van der Waals surface area contributed by atoms with Gasteiger partial charge in [-0.2, -0.15) is 0 Å². The molecular formula is C14H7Cl3N2O2. The Morgan fingerprint density at radius 3 is 2.48 bits per heavy atom. The number of rotatable bonds is 2. The number of benzene rings is 2. The zero-order valence-electron chi connectivity index (χ0n) is 10.4. The monoisotopic (exact) mass is 340 g/mol. The molecule has 0 aliphatic carbocycles. The second kappa shape index (κ2) is 5.22. The van der Waals surface area contributed by atoms with Gasteiger partial charge in [0.15, 0.2) is 5.03 Å². The van der Waals surface area contributed by atoms with E-state index in [9.17, 15) is 10.1 Å². The van der Waals surface area contributed by atoms with Crippen LogP contribution in [0.2, 0.25) is 0 Å². The maximum atomic E-state index is 11.3. The molecule has 0 amide bonds. The minimum Gasteiger partial charge on any atom is -0.349 e. The maximum absolute atomic E-state index is 11.3. The molecule has 2 aromatic rings. The number of nitro groups is 1. The lowest BCUT2D eigenvalue weighted by atomic mass is 9.93. The Morgan fingerprint density at radius 1 is 1.10 bits per heavy atom. The van der Waals surface area contributed by atoms with E-state index in [0.717, 1.165) is 22.0 Å². The van der Waals surface area contributed by atoms with Gasteiger partial charge in [-0.25, -0.2) is 0 Å². The Hall–Kier alpha value is -1.75. The van der Waals surface area contributed by atoms with Crippen molar-refractivity contribution >= 4 is 57.0 Å². The molecule has 0 saturated carbocycles. The molecule has 7 heteroatoms. The topological polar surface area (TPSA) is 55.2 Å². The molecule has 0 aromatic heterocycles. The van der Waals surface area contributed by atoms with Crippen molar-refractivity contribution < 1.29 is 4.92 Å². The van der Waals surface area contributed by atoms with Crippen LogP contribution in [0.4, 0.5) is 5.69 Å². The lowest BCUT2D eigenvalue weighted by molar-refractivity contribution is -0.418. The molecule has 1 aliphatic rings. The van der Waals surface area contributed by atoms with Gasteiger partial charge in [0.1, 0.15) is 10.2 Å². The summed E-state index contributed by atoms with van der Waals surface area (Å²) in [4.78, 5) is 10.7. The van der Waals surface area contributed by atoms with Crippen molar-refractivity contribution in [1.82, 2.24) is 0 Å². The summed E-state index contributed by atoms with van der Waals surface area (Å²) >= 11 is 17.0. The van der Waals surface area contributed by atoms with Gasteiger partial charge in [-0.05, 0) is 16.8 Å². The standard InChI is InChI=1S/C14H7Cl3N2O2/c15-11(14(16)17)13(19(20)21)12-10-8-4-2-1-3-7(8)5-6-9(10)18-12/h1-6,18H. The predicted octanol–water partition coefficient (Wildman–Crippen LogP) is 5.10. The van der Waals surface area contributed by atoms with E-state index in [1.807, 2.05) is 36.4 Å². The van der Waals surface area contributed by atoms with Crippen molar-refractivity contribution in [3.05, 3.63) is 67.3 Å². The van der Waals surface area contributed by atoms with Crippen LogP contribution in [0.25, 0.3) is 16.5 Å². The maximum Gasteiger partial charge on any atom is 0.314 e. The van der Waals surface area contributed by atoms with Gasteiger partial charge in [0.2, 0.25) is 0 Å². The Labute approximate surface area is 134 Å². The first kappa shape index (κ1) is 14.2. The normalized spacial score (nSPS) is 14.8. The number of hydrogen-bond acceptors (Lipinski definition) is 3. The third-order valence-electron chi connectivity index (χ3n) is 3.23. The van der Waals surface area contributed by atoms with Crippen molar-refractivity contribution in [3.63, 3.8) is 0 Å². The fraction of sp³-hybridized carbons (Fsp3) is 0. The molecule has 0 radical (unpaired) electrons. The number of fused-ring (bicyclic) bond motifs is 3. The SMILES string of the molecule is O=[N+]([O-])C(C(Cl)=C(Cl)Cl)=C1Nc2ccc3ccccc3c21. The first-order chi connectivity index (χ1) is 10.0. The smallest absolute Gasteiger partial charge is 0.314 e. The molecule has 0 bridgehead atoms. The molecule has 0 saturated heterocycles. The van der Waals surface area contributed by atoms with E-state index in [2.05, 4.69) is 5.32 Å². The van der Waals surface area contributed by atoms with Gasteiger partial charge in [0, 0.05) is 11.3 Å². The Morgan fingerprint density at radius 2 is 1.81 bits per heavy atom. The molecule has 1 aliphatic heterocycles. The minimum absolute atomic E-state index is 0.288. The number of nitrogens with zero attached hydrogens (tertiary/aromatic N) is 1. The quantitative estimate of drug-likeness (QED) is 0.611. The third-order valence-corrected chi connectivity index (χ3v) is 4.17. The zero-order chi connectivity index (χ0) is 15.1. The molecule has 0 spiro atoms. The Kier molecular flexibility index (Phi) is 3.53. The van der Waals surface area contributed by atoms with E-state index >= 15 is 0 Å². The van der Waals surface area contributed by atoms with Crippen molar-refractivity contribution in [2.75, 3.05) is 5.32 Å². The highest BCUT2D eigenvalue weighted by atomic mass is 35.5. The summed E-state index contributed by atoms with van der Waals surface area (Å²) < 4.78 is -0.341. The Bertz CT molecular complexity index is 839. The van der Waals surface area contributed by atoms with Crippen LogP contribution < -0.4 is 5.32 Å². The third kappa shape index (κ3) is 2.25. The van der Waals surface area contributed by atoms with Crippen LogP contribution in [0.15, 0.2) is 51.6 Å². The summed E-state index contributed by atoms with van der Waals surface area (Å²) in [7, 11) is 0. The fourth-order valence-electron chi connectivity index (χ4n) is 2.33. The molecule has 1 heterocycles. The number of nitrogens with one attached hydrogen (secondary N) is 1. The van der Waals surface area contributed by atoms with Crippen LogP contribution in [-0.2, 0) is 0 Å². The van der Waals surface area contributed by atoms with Crippen molar-refractivity contribution in [3.8, 4) is 0 Å². The molecule has 21 heavy (non-hydrogen) atoms. The first-order valence-electron chi connectivity index (χ1n) is 5.89. The van der Waals surface area contributed by atoms with Gasteiger partial charge >= 0.3 is 5.70 Å². The number of hydrogen-bond donors (Lipinski definition) is 1. The Balaban J connectivity index is 2.32. The van der Waals surface area contributed by atoms with E-state index in [-0.39, 0.29) is 15.2 Å². The number of anilines is 1. The largest absolute Gasteiger partial charge is 0.349 e. The minimum atomic E-state index is -0.597. The van der Waals surface area contributed by atoms with E-state index < -0.39 is 4.92 Å². The molecule has 0 fully saturated rings. The van der Waals surface area contributed by atoms with Gasteiger partial charge < -0.3 is 5.32 Å². The number of allylic oxidation sites excluding steroid dienone is 1. The van der Waals surface area contributed by atoms with E-state index in [1.165, 1.54) is 0 Å². The summed E-state index contributed by atoms with van der Waals surface area (Å²) in [5.74, 6) is 0. The highest BCUT2D eigenvalue weighted by Gasteiger charge is 2.34. The van der Waals surface area contributed by atoms with Crippen LogP contribution in [0.3, 0.4) is 0 Å². The van der Waals surface area contributed by atoms with Crippen LogP contribution in [0.1, 0.15) is 5.56 Å². The van der Waals surface area contributed by atoms with E-state index in [1.54, 1.807) is 0 Å². The van der Waals surface area contributed by atoms with Gasteiger partial charge in [-0.1, -0.05) is 65.1 Å². The van der Waals surface area contributed by atoms with Gasteiger partial charge in [0.25, 0.3) is 0 Å². The summed E-state index contributed by atoms with van der Waals surface area (Å²) in [5.41, 5.74) is 1.53. The molecule has 106 valence electrons. The van der Waals surface area contributed by atoms with Crippen molar-refractivity contribution in [1.29, 1.82) is 0 Å². The summed E-state index contributed by atoms with van der Waals surface area (Å²) in [5, 5.41) is 15.8.